The van der Waals surface area contributed by atoms with Crippen molar-refractivity contribution in [3.05, 3.63) is 59.7 Å². The topological polar surface area (TPSA) is 97.0 Å². The number of carbonyl (C=O) groups is 3. The minimum absolute atomic E-state index is 0.351. The highest BCUT2D eigenvalue weighted by Crippen LogP contribution is 2.30. The first-order valence-corrected chi connectivity index (χ1v) is 9.56. The standard InChI is InChI=1S/C22H25N3O5/c1-22(16-8-6-9-17(13-16)29-2)20(27)25(21(28)24-22)14-19(26)23-12-11-15-7-4-5-10-18(15)30-3/h4-10,13H,11-12,14H2,1-3H3,(H,23,26)(H,24,28)/t22-/m1/s1. The summed E-state index contributed by atoms with van der Waals surface area (Å²) in [6.45, 7) is 1.62. The molecule has 8 heteroatoms. The third kappa shape index (κ3) is 4.22. The summed E-state index contributed by atoms with van der Waals surface area (Å²) in [6.07, 6.45) is 0.567. The Kier molecular flexibility index (Phi) is 6.25. The minimum Gasteiger partial charge on any atom is -0.497 e. The monoisotopic (exact) mass is 411 g/mol. The molecule has 30 heavy (non-hydrogen) atoms. The number of para-hydroxylation sites is 1. The molecule has 1 saturated heterocycles. The second-order valence-electron chi connectivity index (χ2n) is 7.09. The van der Waals surface area contributed by atoms with E-state index < -0.39 is 23.4 Å². The van der Waals surface area contributed by atoms with Crippen molar-refractivity contribution in [1.29, 1.82) is 0 Å². The number of hydrogen-bond donors (Lipinski definition) is 2. The zero-order valence-electron chi connectivity index (χ0n) is 17.2. The highest BCUT2D eigenvalue weighted by molar-refractivity contribution is 6.09. The Morgan fingerprint density at radius 1 is 1.10 bits per heavy atom. The fourth-order valence-electron chi connectivity index (χ4n) is 3.42. The predicted octanol–water partition coefficient (Wildman–Crippen LogP) is 1.83. The molecule has 0 radical (unpaired) electrons. The SMILES string of the molecule is COc1cccc([C@@]2(C)NC(=O)N(CC(=O)NCCc3ccccc3OC)C2=O)c1. The lowest BCUT2D eigenvalue weighted by molar-refractivity contribution is -0.134. The first-order valence-electron chi connectivity index (χ1n) is 9.56. The molecule has 0 aliphatic carbocycles. The van der Waals surface area contributed by atoms with Crippen LogP contribution in [0.5, 0.6) is 11.5 Å². The normalized spacial score (nSPS) is 18.2. The minimum atomic E-state index is -1.26. The molecule has 0 saturated carbocycles. The van der Waals surface area contributed by atoms with Crippen molar-refractivity contribution in [3.63, 3.8) is 0 Å². The van der Waals surface area contributed by atoms with Crippen molar-refractivity contribution >= 4 is 17.8 Å². The first kappa shape index (κ1) is 21.2. The molecule has 158 valence electrons. The van der Waals surface area contributed by atoms with Crippen LogP contribution in [0.1, 0.15) is 18.1 Å². The van der Waals surface area contributed by atoms with Gasteiger partial charge >= 0.3 is 6.03 Å². The molecular formula is C22H25N3O5. The summed E-state index contributed by atoms with van der Waals surface area (Å²) in [5.74, 6) is 0.419. The van der Waals surface area contributed by atoms with Crippen LogP contribution in [0.3, 0.4) is 0 Å². The zero-order chi connectivity index (χ0) is 21.7. The summed E-state index contributed by atoms with van der Waals surface area (Å²) in [5.41, 5.74) is 0.281. The Balaban J connectivity index is 1.61. The number of nitrogens with one attached hydrogen (secondary N) is 2. The van der Waals surface area contributed by atoms with E-state index >= 15 is 0 Å². The Morgan fingerprint density at radius 3 is 2.60 bits per heavy atom. The highest BCUT2D eigenvalue weighted by atomic mass is 16.5. The van der Waals surface area contributed by atoms with E-state index in [1.165, 1.54) is 7.11 Å². The molecule has 1 aliphatic rings. The molecule has 1 atom stereocenters. The lowest BCUT2D eigenvalue weighted by Gasteiger charge is -2.22. The summed E-state index contributed by atoms with van der Waals surface area (Å²) < 4.78 is 10.5. The molecule has 0 spiro atoms. The number of benzene rings is 2. The van der Waals surface area contributed by atoms with Crippen LogP contribution in [0.25, 0.3) is 0 Å². The highest BCUT2D eigenvalue weighted by Gasteiger charge is 2.49. The van der Waals surface area contributed by atoms with E-state index in [2.05, 4.69) is 10.6 Å². The van der Waals surface area contributed by atoms with Crippen molar-refractivity contribution < 1.29 is 23.9 Å². The number of carbonyl (C=O) groups excluding carboxylic acids is 3. The maximum atomic E-state index is 13.0. The van der Waals surface area contributed by atoms with Gasteiger partial charge in [-0.05, 0) is 42.7 Å². The average molecular weight is 411 g/mol. The van der Waals surface area contributed by atoms with Crippen molar-refractivity contribution in [2.75, 3.05) is 27.3 Å². The maximum Gasteiger partial charge on any atom is 0.325 e. The fourth-order valence-corrected chi connectivity index (χ4v) is 3.42. The van der Waals surface area contributed by atoms with E-state index in [9.17, 15) is 14.4 Å². The number of methoxy groups -OCH3 is 2. The van der Waals surface area contributed by atoms with Gasteiger partial charge in [0.25, 0.3) is 5.91 Å². The molecule has 3 rings (SSSR count). The zero-order valence-corrected chi connectivity index (χ0v) is 17.2. The van der Waals surface area contributed by atoms with Gasteiger partial charge in [0.1, 0.15) is 23.6 Å². The van der Waals surface area contributed by atoms with Gasteiger partial charge in [0, 0.05) is 6.54 Å². The lowest BCUT2D eigenvalue weighted by atomic mass is 9.92. The molecule has 0 bridgehead atoms. The molecule has 1 fully saturated rings. The van der Waals surface area contributed by atoms with Crippen LogP contribution >= 0.6 is 0 Å². The third-order valence-corrected chi connectivity index (χ3v) is 5.13. The van der Waals surface area contributed by atoms with E-state index in [0.29, 0.717) is 24.3 Å². The van der Waals surface area contributed by atoms with Crippen molar-refractivity contribution in [1.82, 2.24) is 15.5 Å². The van der Waals surface area contributed by atoms with Crippen LogP contribution in [-0.4, -0.2) is 50.1 Å². The molecule has 0 aromatic heterocycles. The largest absolute Gasteiger partial charge is 0.497 e. The number of nitrogens with zero attached hydrogens (tertiary/aromatic N) is 1. The Hall–Kier alpha value is -3.55. The fraction of sp³-hybridized carbons (Fsp3) is 0.318. The van der Waals surface area contributed by atoms with Gasteiger partial charge in [-0.2, -0.15) is 0 Å². The van der Waals surface area contributed by atoms with Crippen LogP contribution in [0.15, 0.2) is 48.5 Å². The first-order chi connectivity index (χ1) is 14.4. The van der Waals surface area contributed by atoms with E-state index in [1.807, 2.05) is 24.3 Å². The number of hydrogen-bond acceptors (Lipinski definition) is 5. The van der Waals surface area contributed by atoms with Gasteiger partial charge in [-0.3, -0.25) is 14.5 Å². The molecule has 1 heterocycles. The summed E-state index contributed by atoms with van der Waals surface area (Å²) in [7, 11) is 3.12. The quantitative estimate of drug-likeness (QED) is 0.646. The number of ether oxygens (including phenoxy) is 2. The van der Waals surface area contributed by atoms with Gasteiger partial charge in [0.2, 0.25) is 5.91 Å². The number of imide groups is 1. The average Bonchev–Trinajstić information content (AvgIpc) is 2.98. The van der Waals surface area contributed by atoms with Gasteiger partial charge in [-0.15, -0.1) is 0 Å². The van der Waals surface area contributed by atoms with Gasteiger partial charge < -0.3 is 20.1 Å². The van der Waals surface area contributed by atoms with Gasteiger partial charge in [-0.1, -0.05) is 30.3 Å². The summed E-state index contributed by atoms with van der Waals surface area (Å²) in [4.78, 5) is 38.6. The predicted molar refractivity (Wildman–Crippen MR) is 110 cm³/mol. The summed E-state index contributed by atoms with van der Waals surface area (Å²) in [5, 5.41) is 5.43. The van der Waals surface area contributed by atoms with Crippen LogP contribution in [0.2, 0.25) is 0 Å². The molecule has 4 amide bonds. The lowest BCUT2D eigenvalue weighted by Crippen LogP contribution is -2.43. The number of urea groups is 1. The smallest absolute Gasteiger partial charge is 0.325 e. The van der Waals surface area contributed by atoms with E-state index in [-0.39, 0.29) is 6.54 Å². The maximum absolute atomic E-state index is 13.0. The van der Waals surface area contributed by atoms with Crippen LogP contribution < -0.4 is 20.1 Å². The van der Waals surface area contributed by atoms with Crippen LogP contribution in [0.4, 0.5) is 4.79 Å². The van der Waals surface area contributed by atoms with E-state index in [0.717, 1.165) is 16.2 Å². The molecule has 1 aliphatic heterocycles. The van der Waals surface area contributed by atoms with Gasteiger partial charge in [0.15, 0.2) is 0 Å². The van der Waals surface area contributed by atoms with Crippen LogP contribution in [-0.2, 0) is 21.5 Å². The molecule has 2 N–H and O–H groups in total. The third-order valence-electron chi connectivity index (χ3n) is 5.13. The molecule has 2 aromatic carbocycles. The summed E-state index contributed by atoms with van der Waals surface area (Å²) >= 11 is 0. The van der Waals surface area contributed by atoms with Crippen molar-refractivity contribution in [3.8, 4) is 11.5 Å². The van der Waals surface area contributed by atoms with E-state index in [1.54, 1.807) is 38.3 Å². The molecule has 8 nitrogen and oxygen atoms in total. The van der Waals surface area contributed by atoms with E-state index in [4.69, 9.17) is 9.47 Å². The molecular weight excluding hydrogens is 386 g/mol. The Morgan fingerprint density at radius 2 is 1.87 bits per heavy atom. The second kappa shape index (κ2) is 8.86. The Labute approximate surface area is 175 Å². The molecule has 2 aromatic rings. The number of amides is 4. The Bertz CT molecular complexity index is 961. The summed E-state index contributed by atoms with van der Waals surface area (Å²) in [6, 6.07) is 13.8. The second-order valence-corrected chi connectivity index (χ2v) is 7.09. The number of rotatable bonds is 8. The van der Waals surface area contributed by atoms with Gasteiger partial charge in [-0.25, -0.2) is 4.79 Å². The van der Waals surface area contributed by atoms with Crippen molar-refractivity contribution in [2.24, 2.45) is 0 Å². The van der Waals surface area contributed by atoms with Gasteiger partial charge in [0.05, 0.1) is 14.2 Å². The van der Waals surface area contributed by atoms with Crippen LogP contribution in [0, 0.1) is 0 Å². The molecule has 0 unspecified atom stereocenters. The van der Waals surface area contributed by atoms with Crippen molar-refractivity contribution in [2.45, 2.75) is 18.9 Å².